The fourth-order valence-corrected chi connectivity index (χ4v) is 2.28. The van der Waals surface area contributed by atoms with Crippen molar-refractivity contribution in [3.63, 3.8) is 0 Å². The first-order valence-electron chi connectivity index (χ1n) is 6.69. The molecule has 0 spiro atoms. The largest absolute Gasteiger partial charge is 0.474 e. The maximum absolute atomic E-state index is 10.9. The van der Waals surface area contributed by atoms with Gasteiger partial charge in [-0.25, -0.2) is 14.3 Å². The molecule has 1 aromatic carbocycles. The Bertz CT molecular complexity index is 988. The van der Waals surface area contributed by atoms with Gasteiger partial charge in [0.15, 0.2) is 5.65 Å². The van der Waals surface area contributed by atoms with Gasteiger partial charge in [-0.15, -0.1) is 0 Å². The Hall–Kier alpha value is -3.55. The predicted octanol–water partition coefficient (Wildman–Crippen LogP) is 2.14. The van der Waals surface area contributed by atoms with E-state index in [0.29, 0.717) is 16.9 Å². The number of rotatable bonds is 3. The van der Waals surface area contributed by atoms with Crippen molar-refractivity contribution in [2.75, 3.05) is 0 Å². The Morgan fingerprint density at radius 1 is 1.09 bits per heavy atom. The Morgan fingerprint density at radius 3 is 2.65 bits per heavy atom. The van der Waals surface area contributed by atoms with Crippen molar-refractivity contribution in [3.05, 3.63) is 54.7 Å². The first-order valence-corrected chi connectivity index (χ1v) is 6.69. The van der Waals surface area contributed by atoms with Crippen LogP contribution in [0.25, 0.3) is 28.3 Å². The van der Waals surface area contributed by atoms with Crippen molar-refractivity contribution in [1.82, 2.24) is 24.7 Å². The van der Waals surface area contributed by atoms with E-state index in [-0.39, 0.29) is 5.82 Å². The van der Waals surface area contributed by atoms with Crippen molar-refractivity contribution >= 4 is 11.6 Å². The highest BCUT2D eigenvalue weighted by molar-refractivity contribution is 5.84. The second kappa shape index (κ2) is 5.02. The standard InChI is InChI=1S/C15H9N5O3/c21-15(22)14-18-13(19-23-14)10-5-2-1-4-9(10)11-8-20-12(17-11)6-3-7-16-20/h1-8H,(H,21,22). The zero-order valence-corrected chi connectivity index (χ0v) is 11.6. The molecule has 0 bridgehead atoms. The van der Waals surface area contributed by atoms with Crippen LogP contribution >= 0.6 is 0 Å². The Kier molecular flexibility index (Phi) is 2.87. The number of benzene rings is 1. The molecule has 0 aliphatic heterocycles. The quantitative estimate of drug-likeness (QED) is 0.618. The third-order valence-electron chi connectivity index (χ3n) is 3.29. The number of aromatic nitrogens is 5. The van der Waals surface area contributed by atoms with Gasteiger partial charge in [-0.05, 0) is 12.1 Å². The van der Waals surface area contributed by atoms with Crippen LogP contribution in [0.3, 0.4) is 0 Å². The van der Waals surface area contributed by atoms with Crippen LogP contribution < -0.4 is 0 Å². The molecule has 4 rings (SSSR count). The van der Waals surface area contributed by atoms with Crippen LogP contribution in [0, 0.1) is 0 Å². The highest BCUT2D eigenvalue weighted by Gasteiger charge is 2.18. The fraction of sp³-hybridized carbons (Fsp3) is 0. The number of carbonyl (C=O) groups is 1. The average molecular weight is 307 g/mol. The summed E-state index contributed by atoms with van der Waals surface area (Å²) in [4.78, 5) is 19.3. The van der Waals surface area contributed by atoms with Gasteiger partial charge in [-0.1, -0.05) is 29.4 Å². The van der Waals surface area contributed by atoms with Crippen LogP contribution in [0.1, 0.15) is 10.7 Å². The Morgan fingerprint density at radius 2 is 1.91 bits per heavy atom. The Balaban J connectivity index is 1.87. The summed E-state index contributed by atoms with van der Waals surface area (Å²) in [5, 5.41) is 16.8. The van der Waals surface area contributed by atoms with Gasteiger partial charge in [-0.2, -0.15) is 10.1 Å². The molecule has 8 heteroatoms. The zero-order chi connectivity index (χ0) is 15.8. The van der Waals surface area contributed by atoms with Gasteiger partial charge < -0.3 is 9.63 Å². The van der Waals surface area contributed by atoms with E-state index in [2.05, 4.69) is 20.2 Å². The maximum atomic E-state index is 10.9. The second-order valence-electron chi connectivity index (χ2n) is 4.73. The summed E-state index contributed by atoms with van der Waals surface area (Å²) < 4.78 is 6.39. The maximum Gasteiger partial charge on any atom is 0.394 e. The summed E-state index contributed by atoms with van der Waals surface area (Å²) in [6.45, 7) is 0. The number of hydrogen-bond acceptors (Lipinski definition) is 6. The lowest BCUT2D eigenvalue weighted by Gasteiger charge is -2.02. The van der Waals surface area contributed by atoms with Crippen LogP contribution in [0.2, 0.25) is 0 Å². The monoisotopic (exact) mass is 307 g/mol. The third-order valence-corrected chi connectivity index (χ3v) is 3.29. The van der Waals surface area contributed by atoms with E-state index in [1.807, 2.05) is 24.3 Å². The molecule has 0 aliphatic rings. The van der Waals surface area contributed by atoms with E-state index >= 15 is 0 Å². The minimum atomic E-state index is -1.27. The first kappa shape index (κ1) is 13.1. The van der Waals surface area contributed by atoms with E-state index in [1.165, 1.54) is 0 Å². The summed E-state index contributed by atoms with van der Waals surface area (Å²) in [6, 6.07) is 10.9. The molecule has 3 aromatic heterocycles. The molecule has 0 saturated heterocycles. The van der Waals surface area contributed by atoms with Gasteiger partial charge in [-0.3, -0.25) is 0 Å². The highest BCUT2D eigenvalue weighted by Crippen LogP contribution is 2.29. The molecule has 112 valence electrons. The van der Waals surface area contributed by atoms with Gasteiger partial charge >= 0.3 is 11.9 Å². The van der Waals surface area contributed by atoms with Crippen molar-refractivity contribution in [3.8, 4) is 22.6 Å². The van der Waals surface area contributed by atoms with Gasteiger partial charge in [0.05, 0.1) is 11.9 Å². The molecule has 0 atom stereocenters. The number of nitrogens with zero attached hydrogens (tertiary/aromatic N) is 5. The van der Waals surface area contributed by atoms with Crippen molar-refractivity contribution in [2.24, 2.45) is 0 Å². The van der Waals surface area contributed by atoms with Gasteiger partial charge in [0.1, 0.15) is 0 Å². The van der Waals surface area contributed by atoms with E-state index in [9.17, 15) is 4.79 Å². The SMILES string of the molecule is O=C(O)c1nc(-c2ccccc2-c2cn3ncccc3n2)no1. The van der Waals surface area contributed by atoms with Crippen LogP contribution in [0.4, 0.5) is 0 Å². The highest BCUT2D eigenvalue weighted by atomic mass is 16.5. The number of carboxylic acid groups (broad SMARTS) is 1. The van der Waals surface area contributed by atoms with E-state index in [1.54, 1.807) is 29.0 Å². The third kappa shape index (κ3) is 2.22. The van der Waals surface area contributed by atoms with Crippen LogP contribution in [0.5, 0.6) is 0 Å². The number of imidazole rings is 1. The summed E-state index contributed by atoms with van der Waals surface area (Å²) in [5.74, 6) is -1.52. The van der Waals surface area contributed by atoms with E-state index in [0.717, 1.165) is 5.56 Å². The normalized spacial score (nSPS) is 11.0. The molecule has 0 saturated carbocycles. The molecule has 0 fully saturated rings. The number of hydrogen-bond donors (Lipinski definition) is 1. The molecule has 1 N–H and O–H groups in total. The average Bonchev–Trinajstić information content (AvgIpc) is 3.22. The molecule has 0 radical (unpaired) electrons. The van der Waals surface area contributed by atoms with Crippen LogP contribution in [0.15, 0.2) is 53.3 Å². The lowest BCUT2D eigenvalue weighted by molar-refractivity contribution is 0.0643. The molecule has 0 aliphatic carbocycles. The van der Waals surface area contributed by atoms with E-state index in [4.69, 9.17) is 9.63 Å². The fourth-order valence-electron chi connectivity index (χ4n) is 2.28. The number of fused-ring (bicyclic) bond motifs is 1. The summed E-state index contributed by atoms with van der Waals surface area (Å²) in [7, 11) is 0. The minimum Gasteiger partial charge on any atom is -0.474 e. The predicted molar refractivity (Wildman–Crippen MR) is 78.7 cm³/mol. The van der Waals surface area contributed by atoms with Gasteiger partial charge in [0, 0.05) is 17.3 Å². The lowest BCUT2D eigenvalue weighted by atomic mass is 10.0. The molecule has 3 heterocycles. The summed E-state index contributed by atoms with van der Waals surface area (Å²) >= 11 is 0. The molecular weight excluding hydrogens is 298 g/mol. The molecule has 8 nitrogen and oxygen atoms in total. The molecular formula is C15H9N5O3. The van der Waals surface area contributed by atoms with Gasteiger partial charge in [0.2, 0.25) is 5.82 Å². The van der Waals surface area contributed by atoms with Crippen LogP contribution in [-0.4, -0.2) is 35.8 Å². The molecule has 4 aromatic rings. The smallest absolute Gasteiger partial charge is 0.394 e. The summed E-state index contributed by atoms with van der Waals surface area (Å²) in [6.07, 6.45) is 3.45. The van der Waals surface area contributed by atoms with E-state index < -0.39 is 11.9 Å². The van der Waals surface area contributed by atoms with Gasteiger partial charge in [0.25, 0.3) is 0 Å². The molecule has 0 unspecified atom stereocenters. The molecule has 23 heavy (non-hydrogen) atoms. The first-order chi connectivity index (χ1) is 11.2. The minimum absolute atomic E-state index is 0.197. The molecule has 0 amide bonds. The van der Waals surface area contributed by atoms with Crippen LogP contribution in [-0.2, 0) is 0 Å². The van der Waals surface area contributed by atoms with Crippen molar-refractivity contribution < 1.29 is 14.4 Å². The van der Waals surface area contributed by atoms with Crippen molar-refractivity contribution in [2.45, 2.75) is 0 Å². The number of aromatic carboxylic acids is 1. The second-order valence-corrected chi connectivity index (χ2v) is 4.73. The Labute approximate surface area is 129 Å². The summed E-state index contributed by atoms with van der Waals surface area (Å²) in [5.41, 5.74) is 2.78. The topological polar surface area (TPSA) is 106 Å². The zero-order valence-electron chi connectivity index (χ0n) is 11.6. The van der Waals surface area contributed by atoms with Crippen molar-refractivity contribution in [1.29, 1.82) is 0 Å². The lowest BCUT2D eigenvalue weighted by Crippen LogP contribution is -1.95. The number of carboxylic acids is 1.